The van der Waals surface area contributed by atoms with Crippen LogP contribution in [-0.2, 0) is 6.42 Å². The van der Waals surface area contributed by atoms with Gasteiger partial charge in [0.05, 0.1) is 5.69 Å². The number of aromatic nitrogens is 2. The Morgan fingerprint density at radius 2 is 2.11 bits per heavy atom. The van der Waals surface area contributed by atoms with Gasteiger partial charge in [-0.05, 0) is 46.7 Å². The molecule has 1 saturated carbocycles. The van der Waals surface area contributed by atoms with Crippen LogP contribution in [0.2, 0.25) is 0 Å². The van der Waals surface area contributed by atoms with E-state index in [2.05, 4.69) is 38.0 Å². The van der Waals surface area contributed by atoms with E-state index >= 15 is 0 Å². The lowest BCUT2D eigenvalue weighted by Gasteiger charge is -2.09. The largest absolute Gasteiger partial charge is 0.306 e. The molecule has 0 bridgehead atoms. The summed E-state index contributed by atoms with van der Waals surface area (Å²) >= 11 is 3.30. The highest BCUT2D eigenvalue weighted by atomic mass is 79.9. The Kier molecular flexibility index (Phi) is 3.27. The van der Waals surface area contributed by atoms with Gasteiger partial charge in [0.1, 0.15) is 10.3 Å². The van der Waals surface area contributed by atoms with E-state index in [1.54, 1.807) is 0 Å². The van der Waals surface area contributed by atoms with Gasteiger partial charge in [0.25, 0.3) is 5.56 Å². The third kappa shape index (κ3) is 2.37. The molecule has 19 heavy (non-hydrogen) atoms. The summed E-state index contributed by atoms with van der Waals surface area (Å²) in [7, 11) is 0. The van der Waals surface area contributed by atoms with Gasteiger partial charge >= 0.3 is 0 Å². The molecule has 0 spiro atoms. The molecule has 1 aliphatic rings. The van der Waals surface area contributed by atoms with Crippen molar-refractivity contribution in [2.24, 2.45) is 0 Å². The lowest BCUT2D eigenvalue weighted by molar-refractivity contribution is 0.965. The van der Waals surface area contributed by atoms with Crippen LogP contribution < -0.4 is 5.56 Å². The first kappa shape index (κ1) is 12.6. The summed E-state index contributed by atoms with van der Waals surface area (Å²) < 4.78 is 0.544. The van der Waals surface area contributed by atoms with Crippen LogP contribution in [0, 0.1) is 0 Å². The number of aryl methyl sites for hydroxylation is 1. The molecule has 0 saturated heterocycles. The van der Waals surface area contributed by atoms with Gasteiger partial charge in [0.15, 0.2) is 0 Å². The Labute approximate surface area is 120 Å². The fraction of sp³-hybridized carbons (Fsp3) is 0.333. The Bertz CT molecular complexity index is 674. The van der Waals surface area contributed by atoms with E-state index in [4.69, 9.17) is 0 Å². The molecular weight excluding hydrogens is 304 g/mol. The predicted octanol–water partition coefficient (Wildman–Crippen LogP) is 3.64. The third-order valence-corrected chi connectivity index (χ3v) is 4.32. The van der Waals surface area contributed by atoms with Crippen LogP contribution in [0.15, 0.2) is 33.5 Å². The molecule has 1 fully saturated rings. The predicted molar refractivity (Wildman–Crippen MR) is 79.3 cm³/mol. The number of nitrogens with zero attached hydrogens (tertiary/aromatic N) is 1. The zero-order valence-electron chi connectivity index (χ0n) is 10.7. The molecule has 0 amide bonds. The van der Waals surface area contributed by atoms with Crippen molar-refractivity contribution in [1.82, 2.24) is 9.97 Å². The van der Waals surface area contributed by atoms with Gasteiger partial charge in [0, 0.05) is 5.56 Å². The smallest absolute Gasteiger partial charge is 0.265 e. The van der Waals surface area contributed by atoms with Gasteiger partial charge in [-0.15, -0.1) is 0 Å². The first-order valence-corrected chi connectivity index (χ1v) is 7.38. The second-order valence-corrected chi connectivity index (χ2v) is 5.68. The van der Waals surface area contributed by atoms with Crippen LogP contribution in [0.4, 0.5) is 0 Å². The van der Waals surface area contributed by atoms with Gasteiger partial charge in [-0.1, -0.05) is 31.2 Å². The minimum Gasteiger partial charge on any atom is -0.306 e. The van der Waals surface area contributed by atoms with Gasteiger partial charge in [-0.2, -0.15) is 0 Å². The van der Waals surface area contributed by atoms with Gasteiger partial charge in [-0.25, -0.2) is 4.98 Å². The Morgan fingerprint density at radius 1 is 1.37 bits per heavy atom. The molecule has 4 heteroatoms. The van der Waals surface area contributed by atoms with E-state index in [1.807, 2.05) is 19.1 Å². The number of halogens is 1. The van der Waals surface area contributed by atoms with Gasteiger partial charge in [-0.3, -0.25) is 4.79 Å². The van der Waals surface area contributed by atoms with Gasteiger partial charge in [0.2, 0.25) is 0 Å². The number of rotatable bonds is 3. The van der Waals surface area contributed by atoms with E-state index in [0.717, 1.165) is 17.7 Å². The molecule has 3 rings (SSSR count). The van der Waals surface area contributed by atoms with Gasteiger partial charge < -0.3 is 4.98 Å². The van der Waals surface area contributed by atoms with Crippen molar-refractivity contribution in [3.8, 4) is 11.4 Å². The summed E-state index contributed by atoms with van der Waals surface area (Å²) in [6.07, 6.45) is 3.21. The fourth-order valence-electron chi connectivity index (χ4n) is 2.33. The average Bonchev–Trinajstić information content (AvgIpc) is 3.26. The molecule has 1 aromatic carbocycles. The summed E-state index contributed by atoms with van der Waals surface area (Å²) in [5.41, 5.74) is 3.07. The van der Waals surface area contributed by atoms with Crippen molar-refractivity contribution in [1.29, 1.82) is 0 Å². The second kappa shape index (κ2) is 4.93. The van der Waals surface area contributed by atoms with Crippen molar-refractivity contribution >= 4 is 15.9 Å². The first-order valence-electron chi connectivity index (χ1n) is 6.58. The van der Waals surface area contributed by atoms with Crippen molar-refractivity contribution in [2.45, 2.75) is 32.1 Å². The van der Waals surface area contributed by atoms with E-state index in [1.165, 1.54) is 18.4 Å². The summed E-state index contributed by atoms with van der Waals surface area (Å²) in [4.78, 5) is 19.4. The lowest BCUT2D eigenvalue weighted by Crippen LogP contribution is -2.13. The maximum absolute atomic E-state index is 11.9. The maximum Gasteiger partial charge on any atom is 0.265 e. The highest BCUT2D eigenvalue weighted by Gasteiger charge is 2.26. The third-order valence-electron chi connectivity index (χ3n) is 3.50. The molecule has 0 aliphatic heterocycles. The molecule has 3 nitrogen and oxygen atoms in total. The summed E-state index contributed by atoms with van der Waals surface area (Å²) in [6, 6.07) is 8.23. The quantitative estimate of drug-likeness (QED) is 0.939. The molecule has 0 unspecified atom stereocenters. The monoisotopic (exact) mass is 318 g/mol. The molecule has 1 aliphatic carbocycles. The van der Waals surface area contributed by atoms with Crippen LogP contribution in [0.1, 0.15) is 36.9 Å². The van der Waals surface area contributed by atoms with Crippen LogP contribution in [0.25, 0.3) is 11.4 Å². The Balaban J connectivity index is 2.17. The van der Waals surface area contributed by atoms with Crippen molar-refractivity contribution in [3.63, 3.8) is 0 Å². The molecule has 1 aromatic heterocycles. The summed E-state index contributed by atoms with van der Waals surface area (Å²) in [5, 5.41) is 0. The van der Waals surface area contributed by atoms with E-state index < -0.39 is 0 Å². The zero-order chi connectivity index (χ0) is 13.4. The minimum atomic E-state index is -0.104. The van der Waals surface area contributed by atoms with Crippen LogP contribution in [-0.4, -0.2) is 9.97 Å². The van der Waals surface area contributed by atoms with E-state index in [0.29, 0.717) is 16.2 Å². The van der Waals surface area contributed by atoms with Crippen molar-refractivity contribution in [2.75, 3.05) is 0 Å². The SMILES string of the molecule is CCc1nc(-c2ccccc2C2CC2)[nH]c(=O)c1Br. The van der Waals surface area contributed by atoms with E-state index in [9.17, 15) is 4.79 Å². The molecule has 98 valence electrons. The summed E-state index contributed by atoms with van der Waals surface area (Å²) in [6.45, 7) is 2.00. The van der Waals surface area contributed by atoms with Crippen molar-refractivity contribution < 1.29 is 0 Å². The standard InChI is InChI=1S/C15H15BrN2O/c1-2-12-13(16)15(19)18-14(17-12)11-6-4-3-5-10(11)9-7-8-9/h3-6,9H,2,7-8H2,1H3,(H,17,18,19). The second-order valence-electron chi connectivity index (χ2n) is 4.89. The molecule has 2 aromatic rings. The molecular formula is C15H15BrN2O. The molecule has 1 N–H and O–H groups in total. The number of aromatic amines is 1. The fourth-order valence-corrected chi connectivity index (χ4v) is 2.80. The van der Waals surface area contributed by atoms with Crippen LogP contribution >= 0.6 is 15.9 Å². The Hall–Kier alpha value is -1.42. The Morgan fingerprint density at radius 3 is 2.79 bits per heavy atom. The normalized spacial score (nSPS) is 14.6. The summed E-state index contributed by atoms with van der Waals surface area (Å²) in [5.74, 6) is 1.32. The number of benzene rings is 1. The highest BCUT2D eigenvalue weighted by Crippen LogP contribution is 2.43. The molecule has 0 radical (unpaired) electrons. The van der Waals surface area contributed by atoms with Crippen molar-refractivity contribution in [3.05, 3.63) is 50.3 Å². The number of hydrogen-bond acceptors (Lipinski definition) is 2. The number of H-pyrrole nitrogens is 1. The first-order chi connectivity index (χ1) is 9.20. The van der Waals surface area contributed by atoms with E-state index in [-0.39, 0.29) is 5.56 Å². The maximum atomic E-state index is 11.9. The zero-order valence-corrected chi connectivity index (χ0v) is 12.3. The number of nitrogens with one attached hydrogen (secondary N) is 1. The lowest BCUT2D eigenvalue weighted by atomic mass is 10.0. The minimum absolute atomic E-state index is 0.104. The average molecular weight is 319 g/mol. The topological polar surface area (TPSA) is 45.8 Å². The van der Waals surface area contributed by atoms with Crippen LogP contribution in [0.3, 0.4) is 0 Å². The highest BCUT2D eigenvalue weighted by molar-refractivity contribution is 9.10. The number of hydrogen-bond donors (Lipinski definition) is 1. The van der Waals surface area contributed by atoms with Crippen LogP contribution in [0.5, 0.6) is 0 Å². The molecule has 0 atom stereocenters. The molecule has 1 heterocycles.